The Labute approximate surface area is 87.5 Å². The number of hydrogen-bond acceptors (Lipinski definition) is 3. The van der Waals surface area contributed by atoms with Gasteiger partial charge in [-0.25, -0.2) is 4.79 Å². The number of aromatic hydroxyl groups is 1. The Bertz CT molecular complexity index is 376. The molecule has 1 aromatic rings. The maximum Gasteiger partial charge on any atom is 0.341 e. The lowest BCUT2D eigenvalue weighted by atomic mass is 10.3. The van der Waals surface area contributed by atoms with Gasteiger partial charge < -0.3 is 14.9 Å². The molecule has 0 aliphatic heterocycles. The molecule has 0 fully saturated rings. The minimum Gasteiger partial charge on any atom is -0.504 e. The molecule has 0 aromatic carbocycles. The molecule has 0 aliphatic rings. The first-order chi connectivity index (χ1) is 7.06. The van der Waals surface area contributed by atoms with E-state index in [1.54, 1.807) is 13.1 Å². The largest absolute Gasteiger partial charge is 0.504 e. The molecule has 0 aliphatic carbocycles. The molecule has 2 N–H and O–H groups in total. The van der Waals surface area contributed by atoms with Crippen LogP contribution in [0.1, 0.15) is 12.6 Å². The smallest absolute Gasteiger partial charge is 0.341 e. The predicted octanol–water partition coefficient (Wildman–Crippen LogP) is 0.471. The van der Waals surface area contributed by atoms with Crippen LogP contribution in [0.15, 0.2) is 12.3 Å². The summed E-state index contributed by atoms with van der Waals surface area (Å²) < 4.78 is 6.86. The zero-order valence-electron chi connectivity index (χ0n) is 8.73. The highest BCUT2D eigenvalue weighted by Gasteiger charge is 2.17. The molecule has 15 heavy (non-hydrogen) atoms. The Morgan fingerprint density at radius 3 is 2.80 bits per heavy atom. The van der Waals surface area contributed by atoms with E-state index in [-0.39, 0.29) is 11.5 Å². The van der Waals surface area contributed by atoms with E-state index in [1.165, 1.54) is 6.07 Å². The molecule has 0 radical (unpaired) electrons. The molecular formula is C10H14NO4+. The first-order valence-corrected chi connectivity index (χ1v) is 4.62. The third-order valence-corrected chi connectivity index (χ3v) is 2.09. The van der Waals surface area contributed by atoms with Gasteiger partial charge in [-0.1, -0.05) is 0 Å². The number of hydrogen-bond donors (Lipinski definition) is 2. The number of carboxylic acid groups (broad SMARTS) is 1. The van der Waals surface area contributed by atoms with Gasteiger partial charge in [-0.15, -0.1) is 0 Å². The Balaban J connectivity index is 2.98. The molecule has 82 valence electrons. The summed E-state index contributed by atoms with van der Waals surface area (Å²) in [5.41, 5.74) is 0.707. The summed E-state index contributed by atoms with van der Waals surface area (Å²) >= 11 is 0. The minimum absolute atomic E-state index is 0.0431. The van der Waals surface area contributed by atoms with Crippen LogP contribution in [-0.2, 0) is 11.3 Å². The Morgan fingerprint density at radius 2 is 2.27 bits per heavy atom. The van der Waals surface area contributed by atoms with Gasteiger partial charge >= 0.3 is 5.97 Å². The van der Waals surface area contributed by atoms with Gasteiger partial charge in [0.15, 0.2) is 18.6 Å². The van der Waals surface area contributed by atoms with Gasteiger partial charge in [0.25, 0.3) is 0 Å². The molecule has 1 rings (SSSR count). The molecule has 1 aromatic heterocycles. The molecule has 0 amide bonds. The molecule has 5 nitrogen and oxygen atoms in total. The van der Waals surface area contributed by atoms with Crippen LogP contribution >= 0.6 is 0 Å². The molecule has 0 saturated carbocycles. The summed E-state index contributed by atoms with van der Waals surface area (Å²) in [7, 11) is 0. The van der Waals surface area contributed by atoms with Crippen molar-refractivity contribution in [2.45, 2.75) is 20.4 Å². The second-order valence-electron chi connectivity index (χ2n) is 3.08. The van der Waals surface area contributed by atoms with Crippen LogP contribution in [0, 0.1) is 6.92 Å². The number of aliphatic carboxylic acids is 1. The Kier molecular flexibility index (Phi) is 3.49. The van der Waals surface area contributed by atoms with Crippen LogP contribution in [-0.4, -0.2) is 22.8 Å². The Morgan fingerprint density at radius 1 is 1.60 bits per heavy atom. The molecule has 0 atom stereocenters. The zero-order valence-corrected chi connectivity index (χ0v) is 8.73. The first kappa shape index (κ1) is 11.3. The number of pyridine rings is 1. The van der Waals surface area contributed by atoms with Crippen molar-refractivity contribution in [3.05, 3.63) is 18.0 Å². The van der Waals surface area contributed by atoms with E-state index < -0.39 is 12.6 Å². The molecule has 0 unspecified atom stereocenters. The topological polar surface area (TPSA) is 70.6 Å². The fourth-order valence-electron chi connectivity index (χ4n) is 1.32. The third-order valence-electron chi connectivity index (χ3n) is 2.09. The molecule has 5 heteroatoms. The van der Waals surface area contributed by atoms with Crippen molar-refractivity contribution in [1.29, 1.82) is 0 Å². The van der Waals surface area contributed by atoms with Gasteiger partial charge in [0.1, 0.15) is 6.54 Å². The van der Waals surface area contributed by atoms with Crippen molar-refractivity contribution >= 4 is 5.97 Å². The predicted molar refractivity (Wildman–Crippen MR) is 51.8 cm³/mol. The SMILES string of the molecule is CC[n+]1ccc(O)c(OCC(=O)O)c1C. The summed E-state index contributed by atoms with van der Waals surface area (Å²) in [6.45, 7) is 3.99. The fraction of sp³-hybridized carbons (Fsp3) is 0.400. The number of rotatable bonds is 4. The van der Waals surface area contributed by atoms with Crippen molar-refractivity contribution in [1.82, 2.24) is 0 Å². The van der Waals surface area contributed by atoms with Gasteiger partial charge in [-0.3, -0.25) is 0 Å². The molecule has 0 saturated heterocycles. The van der Waals surface area contributed by atoms with E-state index >= 15 is 0 Å². The van der Waals surface area contributed by atoms with E-state index in [9.17, 15) is 9.90 Å². The normalized spacial score (nSPS) is 10.0. The summed E-state index contributed by atoms with van der Waals surface area (Å²) in [5, 5.41) is 18.0. The van der Waals surface area contributed by atoms with Gasteiger partial charge in [-0.05, 0) is 6.92 Å². The average molecular weight is 212 g/mol. The van der Waals surface area contributed by atoms with Gasteiger partial charge in [-0.2, -0.15) is 4.57 Å². The zero-order chi connectivity index (χ0) is 11.4. The van der Waals surface area contributed by atoms with Crippen LogP contribution in [0.2, 0.25) is 0 Å². The first-order valence-electron chi connectivity index (χ1n) is 4.62. The lowest BCUT2D eigenvalue weighted by Crippen LogP contribution is -2.35. The maximum atomic E-state index is 10.3. The lowest BCUT2D eigenvalue weighted by molar-refractivity contribution is -0.699. The number of carbonyl (C=O) groups is 1. The number of aromatic nitrogens is 1. The Hall–Kier alpha value is -1.78. The third kappa shape index (κ3) is 2.59. The fourth-order valence-corrected chi connectivity index (χ4v) is 1.32. The van der Waals surface area contributed by atoms with Crippen LogP contribution < -0.4 is 9.30 Å². The van der Waals surface area contributed by atoms with E-state index in [1.807, 2.05) is 11.5 Å². The number of ether oxygens (including phenoxy) is 1. The van der Waals surface area contributed by atoms with E-state index in [4.69, 9.17) is 9.84 Å². The summed E-state index contributed by atoms with van der Waals surface area (Å²) in [6.07, 6.45) is 1.72. The van der Waals surface area contributed by atoms with Crippen molar-refractivity contribution < 1.29 is 24.3 Å². The summed E-state index contributed by atoms with van der Waals surface area (Å²) in [5.74, 6) is -0.888. The second-order valence-corrected chi connectivity index (χ2v) is 3.08. The molecule has 0 bridgehead atoms. The van der Waals surface area contributed by atoms with Crippen molar-refractivity contribution in [3.8, 4) is 11.5 Å². The van der Waals surface area contributed by atoms with Crippen molar-refractivity contribution in [2.24, 2.45) is 0 Å². The van der Waals surface area contributed by atoms with Crippen LogP contribution in [0.25, 0.3) is 0 Å². The highest BCUT2D eigenvalue weighted by Crippen LogP contribution is 2.26. The number of carboxylic acids is 1. The summed E-state index contributed by atoms with van der Waals surface area (Å²) in [6, 6.07) is 1.48. The van der Waals surface area contributed by atoms with Crippen molar-refractivity contribution in [2.75, 3.05) is 6.61 Å². The highest BCUT2D eigenvalue weighted by molar-refractivity contribution is 5.68. The highest BCUT2D eigenvalue weighted by atomic mass is 16.5. The quantitative estimate of drug-likeness (QED) is 0.712. The molecule has 1 heterocycles. The number of nitrogens with zero attached hydrogens (tertiary/aromatic N) is 1. The number of aryl methyl sites for hydroxylation is 1. The van der Waals surface area contributed by atoms with Gasteiger partial charge in [0.2, 0.25) is 11.4 Å². The van der Waals surface area contributed by atoms with Crippen LogP contribution in [0.3, 0.4) is 0 Å². The average Bonchev–Trinajstić information content (AvgIpc) is 2.17. The maximum absolute atomic E-state index is 10.3. The van der Waals surface area contributed by atoms with Crippen molar-refractivity contribution in [3.63, 3.8) is 0 Å². The van der Waals surface area contributed by atoms with E-state index in [0.717, 1.165) is 6.54 Å². The van der Waals surface area contributed by atoms with E-state index in [0.29, 0.717) is 5.69 Å². The standard InChI is InChI=1S/C10H13NO4/c1-3-11-5-4-8(12)10(7(11)2)15-6-9(13)14/h4-5H,3,6H2,1-2H3,(H,13,14)/p+1. The van der Waals surface area contributed by atoms with Gasteiger partial charge in [0, 0.05) is 13.0 Å². The minimum atomic E-state index is -1.07. The lowest BCUT2D eigenvalue weighted by Gasteiger charge is -2.07. The van der Waals surface area contributed by atoms with Gasteiger partial charge in [0.05, 0.1) is 0 Å². The summed E-state index contributed by atoms with van der Waals surface area (Å²) in [4.78, 5) is 10.3. The second kappa shape index (κ2) is 4.63. The molecular weight excluding hydrogens is 198 g/mol. The van der Waals surface area contributed by atoms with Crippen LogP contribution in [0.4, 0.5) is 0 Å². The van der Waals surface area contributed by atoms with Crippen LogP contribution in [0.5, 0.6) is 11.5 Å². The molecule has 0 spiro atoms. The monoisotopic (exact) mass is 212 g/mol. The van der Waals surface area contributed by atoms with E-state index in [2.05, 4.69) is 0 Å².